The van der Waals surface area contributed by atoms with Crippen molar-refractivity contribution in [2.24, 2.45) is 5.92 Å². The van der Waals surface area contributed by atoms with Crippen molar-refractivity contribution in [2.45, 2.75) is 43.4 Å². The minimum Gasteiger partial charge on any atom is -0.326 e. The molecule has 4 rings (SSSR count). The fourth-order valence-electron chi connectivity index (χ4n) is 4.20. The van der Waals surface area contributed by atoms with Crippen LogP contribution in [-0.2, 0) is 26.0 Å². The highest BCUT2D eigenvalue weighted by Gasteiger charge is 2.29. The Labute approximate surface area is 193 Å². The molecule has 2 aliphatic rings. The number of nitrogens with one attached hydrogen (secondary N) is 2. The summed E-state index contributed by atoms with van der Waals surface area (Å²) in [7, 11) is -3.72. The highest BCUT2D eigenvalue weighted by Crippen LogP contribution is 2.30. The first kappa shape index (κ1) is 22.8. The second-order valence-corrected chi connectivity index (χ2v) is 10.6. The van der Waals surface area contributed by atoms with E-state index >= 15 is 0 Å². The van der Waals surface area contributed by atoms with Crippen LogP contribution in [0.5, 0.6) is 0 Å². The second kappa shape index (κ2) is 9.60. The van der Waals surface area contributed by atoms with E-state index in [2.05, 4.69) is 10.6 Å². The van der Waals surface area contributed by atoms with Crippen molar-refractivity contribution < 1.29 is 18.0 Å². The van der Waals surface area contributed by atoms with Crippen LogP contribution in [0.4, 0.5) is 11.4 Å². The maximum absolute atomic E-state index is 13.0. The Hall–Kier alpha value is -2.42. The normalized spacial score (nSPS) is 19.2. The Morgan fingerprint density at radius 3 is 2.66 bits per heavy atom. The number of rotatable bonds is 6. The van der Waals surface area contributed by atoms with Gasteiger partial charge >= 0.3 is 0 Å². The molecule has 32 heavy (non-hydrogen) atoms. The molecule has 2 aliphatic heterocycles. The predicted molar refractivity (Wildman–Crippen MR) is 124 cm³/mol. The number of carbonyl (C=O) groups is 2. The lowest BCUT2D eigenvalue weighted by Gasteiger charge is -2.26. The molecule has 1 saturated heterocycles. The number of piperidine rings is 1. The summed E-state index contributed by atoms with van der Waals surface area (Å²) in [5.41, 5.74) is 2.25. The largest absolute Gasteiger partial charge is 0.326 e. The smallest absolute Gasteiger partial charge is 0.244 e. The lowest BCUT2D eigenvalue weighted by Crippen LogP contribution is -2.35. The van der Waals surface area contributed by atoms with Crippen molar-refractivity contribution in [3.05, 3.63) is 53.1 Å². The number of para-hydroxylation sites is 1. The van der Waals surface area contributed by atoms with Crippen LogP contribution < -0.4 is 10.6 Å². The highest BCUT2D eigenvalue weighted by atomic mass is 35.5. The van der Waals surface area contributed by atoms with E-state index in [-0.39, 0.29) is 34.1 Å². The van der Waals surface area contributed by atoms with Gasteiger partial charge in [0.2, 0.25) is 21.8 Å². The van der Waals surface area contributed by atoms with Crippen LogP contribution >= 0.6 is 11.6 Å². The second-order valence-electron chi connectivity index (χ2n) is 8.24. The summed E-state index contributed by atoms with van der Waals surface area (Å²) in [5, 5.41) is 5.76. The first-order chi connectivity index (χ1) is 15.3. The summed E-state index contributed by atoms with van der Waals surface area (Å²) < 4.78 is 27.4. The van der Waals surface area contributed by atoms with Gasteiger partial charge in [-0.2, -0.15) is 4.31 Å². The lowest BCUT2D eigenvalue weighted by atomic mass is 9.89. The summed E-state index contributed by atoms with van der Waals surface area (Å²) >= 11 is 6.19. The van der Waals surface area contributed by atoms with Crippen LogP contribution in [0.2, 0.25) is 5.02 Å². The Balaban J connectivity index is 1.40. The fourth-order valence-corrected chi connectivity index (χ4v) is 6.22. The van der Waals surface area contributed by atoms with Crippen LogP contribution in [0.15, 0.2) is 47.4 Å². The number of nitrogens with zero attached hydrogens (tertiary/aromatic N) is 1. The number of carbonyl (C=O) groups excluding carboxylic acids is 2. The monoisotopic (exact) mass is 475 g/mol. The minimum atomic E-state index is -3.72. The van der Waals surface area contributed by atoms with E-state index in [1.807, 2.05) is 24.3 Å². The molecule has 7 nitrogen and oxygen atoms in total. The number of hydrogen-bond acceptors (Lipinski definition) is 4. The molecule has 0 aromatic heterocycles. The van der Waals surface area contributed by atoms with Gasteiger partial charge in [-0.25, -0.2) is 8.42 Å². The third kappa shape index (κ3) is 4.98. The Morgan fingerprint density at radius 1 is 1.12 bits per heavy atom. The number of amides is 2. The Bertz CT molecular complexity index is 1130. The minimum absolute atomic E-state index is 0.00197. The fraction of sp³-hybridized carbons (Fsp3) is 0.391. The summed E-state index contributed by atoms with van der Waals surface area (Å²) in [6, 6.07) is 12.1. The van der Waals surface area contributed by atoms with Gasteiger partial charge in [-0.15, -0.1) is 0 Å². The molecule has 0 spiro atoms. The van der Waals surface area contributed by atoms with E-state index in [0.717, 1.165) is 30.5 Å². The molecular weight excluding hydrogens is 450 g/mol. The molecule has 2 aromatic carbocycles. The zero-order valence-corrected chi connectivity index (χ0v) is 19.2. The van der Waals surface area contributed by atoms with Gasteiger partial charge in [0.05, 0.1) is 5.02 Å². The molecule has 2 heterocycles. The van der Waals surface area contributed by atoms with Gasteiger partial charge in [-0.1, -0.05) is 36.2 Å². The zero-order chi connectivity index (χ0) is 22.7. The van der Waals surface area contributed by atoms with E-state index in [1.54, 1.807) is 6.07 Å². The van der Waals surface area contributed by atoms with Gasteiger partial charge in [-0.05, 0) is 55.5 Å². The first-order valence-electron chi connectivity index (χ1n) is 10.8. The maximum atomic E-state index is 13.0. The van der Waals surface area contributed by atoms with Crippen LogP contribution in [0.1, 0.15) is 37.7 Å². The third-order valence-corrected chi connectivity index (χ3v) is 8.36. The summed E-state index contributed by atoms with van der Waals surface area (Å²) in [6.45, 7) is 0.948. The Morgan fingerprint density at radius 2 is 1.88 bits per heavy atom. The molecule has 2 amide bonds. The van der Waals surface area contributed by atoms with E-state index in [0.29, 0.717) is 31.6 Å². The third-order valence-electron chi connectivity index (χ3n) is 5.98. The highest BCUT2D eigenvalue weighted by molar-refractivity contribution is 7.89. The molecular formula is C23H26ClN3O4S. The van der Waals surface area contributed by atoms with Crippen LogP contribution in [0, 0.1) is 5.92 Å². The number of benzene rings is 2. The van der Waals surface area contributed by atoms with Crippen molar-refractivity contribution in [2.75, 3.05) is 23.7 Å². The first-order valence-corrected chi connectivity index (χ1v) is 12.6. The van der Waals surface area contributed by atoms with E-state index in [1.165, 1.54) is 16.4 Å². The number of fused-ring (bicyclic) bond motifs is 1. The molecule has 0 bridgehead atoms. The average Bonchev–Trinajstić information content (AvgIpc) is 2.79. The number of anilines is 2. The van der Waals surface area contributed by atoms with Gasteiger partial charge in [0.25, 0.3) is 0 Å². The van der Waals surface area contributed by atoms with Crippen molar-refractivity contribution in [3.8, 4) is 0 Å². The van der Waals surface area contributed by atoms with E-state index in [9.17, 15) is 18.0 Å². The predicted octanol–water partition coefficient (Wildman–Crippen LogP) is 4.04. The van der Waals surface area contributed by atoms with Crippen LogP contribution in [0.3, 0.4) is 0 Å². The lowest BCUT2D eigenvalue weighted by molar-refractivity contribution is -0.121. The number of halogens is 1. The van der Waals surface area contributed by atoms with Crippen molar-refractivity contribution in [1.82, 2.24) is 4.31 Å². The van der Waals surface area contributed by atoms with Gasteiger partial charge in [0.1, 0.15) is 4.90 Å². The molecule has 170 valence electrons. The van der Waals surface area contributed by atoms with Crippen molar-refractivity contribution in [3.63, 3.8) is 0 Å². The number of sulfonamides is 1. The van der Waals surface area contributed by atoms with Gasteiger partial charge < -0.3 is 10.6 Å². The molecule has 1 fully saturated rings. The topological polar surface area (TPSA) is 95.6 Å². The summed E-state index contributed by atoms with van der Waals surface area (Å²) in [6.07, 6.45) is 3.81. The maximum Gasteiger partial charge on any atom is 0.244 e. The van der Waals surface area contributed by atoms with Crippen molar-refractivity contribution in [1.29, 1.82) is 0 Å². The van der Waals surface area contributed by atoms with Crippen LogP contribution in [-0.4, -0.2) is 37.6 Å². The average molecular weight is 476 g/mol. The van der Waals surface area contributed by atoms with E-state index < -0.39 is 10.0 Å². The quantitative estimate of drug-likeness (QED) is 0.659. The van der Waals surface area contributed by atoms with Gasteiger partial charge in [0, 0.05) is 36.8 Å². The molecule has 1 unspecified atom stereocenters. The van der Waals surface area contributed by atoms with Crippen molar-refractivity contribution >= 4 is 44.8 Å². The molecule has 0 saturated carbocycles. The summed E-state index contributed by atoms with van der Waals surface area (Å²) in [5.74, 6) is -0.644. The standard InChI is InChI=1S/C23H26ClN3O4S/c24-19-10-9-18(15-21(19)32(30,31)27-12-4-1-5-13-27)25-22(28)11-8-17-14-16-6-2-3-7-20(16)26-23(17)29/h2-3,6-7,9-10,15,17H,1,4-5,8,11-14H2,(H,25,28)(H,26,29). The molecule has 0 aliphatic carbocycles. The van der Waals surface area contributed by atoms with Gasteiger partial charge in [0.15, 0.2) is 0 Å². The zero-order valence-electron chi connectivity index (χ0n) is 17.6. The molecule has 2 aromatic rings. The molecule has 1 atom stereocenters. The molecule has 9 heteroatoms. The molecule has 2 N–H and O–H groups in total. The van der Waals surface area contributed by atoms with E-state index in [4.69, 9.17) is 11.6 Å². The number of hydrogen-bond donors (Lipinski definition) is 2. The van der Waals surface area contributed by atoms with Gasteiger partial charge in [-0.3, -0.25) is 9.59 Å². The SMILES string of the molecule is O=C(CCC1Cc2ccccc2NC1=O)Nc1ccc(Cl)c(S(=O)(=O)N2CCCCC2)c1. The van der Waals surface area contributed by atoms with Crippen LogP contribution in [0.25, 0.3) is 0 Å². The summed E-state index contributed by atoms with van der Waals surface area (Å²) in [4.78, 5) is 24.9. The molecule has 0 radical (unpaired) electrons. The Kier molecular flexibility index (Phi) is 6.83.